The van der Waals surface area contributed by atoms with Crippen LogP contribution in [0.25, 0.3) is 16.7 Å². The van der Waals surface area contributed by atoms with Gasteiger partial charge in [0.15, 0.2) is 5.83 Å². The number of rotatable bonds is 6. The molecule has 164 valence electrons. The van der Waals surface area contributed by atoms with E-state index in [-0.39, 0.29) is 22.7 Å². The fourth-order valence-electron chi connectivity index (χ4n) is 3.23. The lowest BCUT2D eigenvalue weighted by Gasteiger charge is -2.13. The third-order valence-corrected chi connectivity index (χ3v) is 5.66. The van der Waals surface area contributed by atoms with Gasteiger partial charge >= 0.3 is 0 Å². The Morgan fingerprint density at radius 1 is 1.16 bits per heavy atom. The van der Waals surface area contributed by atoms with Crippen molar-refractivity contribution in [2.45, 2.75) is 13.5 Å². The number of nitrogen functional groups attached to an aromatic ring is 1. The Balaban J connectivity index is 1.88. The predicted molar refractivity (Wildman–Crippen MR) is 129 cm³/mol. The van der Waals surface area contributed by atoms with E-state index in [0.29, 0.717) is 22.3 Å². The topological polar surface area (TPSA) is 125 Å². The molecule has 7 N–H and O–H groups in total. The molecule has 3 aromatic carbocycles. The molecule has 0 bridgehead atoms. The molecule has 0 aliphatic rings. The number of amides is 1. The van der Waals surface area contributed by atoms with Gasteiger partial charge in [0.2, 0.25) is 0 Å². The SMILES string of the molecule is C/C(=C(\F)C(=O)Nc1ccc(-c2ccccc2CN)cc1Br)c1cc(C(=N)N)ccc1O. The van der Waals surface area contributed by atoms with Crippen molar-refractivity contribution in [1.29, 1.82) is 5.41 Å². The van der Waals surface area contributed by atoms with E-state index in [1.54, 1.807) is 6.07 Å². The van der Waals surface area contributed by atoms with Gasteiger partial charge < -0.3 is 21.9 Å². The van der Waals surface area contributed by atoms with Crippen molar-refractivity contribution in [2.75, 3.05) is 5.32 Å². The Morgan fingerprint density at radius 3 is 2.53 bits per heavy atom. The molecule has 3 rings (SSSR count). The Hall–Kier alpha value is -3.49. The quantitative estimate of drug-likeness (QED) is 0.189. The lowest BCUT2D eigenvalue weighted by Crippen LogP contribution is -2.14. The van der Waals surface area contributed by atoms with Crippen molar-refractivity contribution in [3.8, 4) is 16.9 Å². The van der Waals surface area contributed by atoms with Crippen LogP contribution in [0.5, 0.6) is 5.75 Å². The zero-order chi connectivity index (χ0) is 23.4. The van der Waals surface area contributed by atoms with Gasteiger partial charge in [-0.05, 0) is 69.9 Å². The van der Waals surface area contributed by atoms with Crippen LogP contribution in [0.1, 0.15) is 23.6 Å². The Bertz CT molecular complexity index is 1240. The van der Waals surface area contributed by atoms with Crippen LogP contribution in [0.15, 0.2) is 71.0 Å². The first-order valence-corrected chi connectivity index (χ1v) is 10.5. The number of hydrogen-bond donors (Lipinski definition) is 5. The van der Waals surface area contributed by atoms with E-state index in [0.717, 1.165) is 16.7 Å². The summed E-state index contributed by atoms with van der Waals surface area (Å²) >= 11 is 3.43. The maximum absolute atomic E-state index is 14.9. The minimum absolute atomic E-state index is 0.0762. The first-order valence-electron chi connectivity index (χ1n) is 9.66. The number of amidine groups is 1. The summed E-state index contributed by atoms with van der Waals surface area (Å²) in [6.07, 6.45) is 0. The average molecular weight is 497 g/mol. The third kappa shape index (κ3) is 4.87. The molecule has 6 nitrogen and oxygen atoms in total. The summed E-state index contributed by atoms with van der Waals surface area (Å²) in [6.45, 7) is 1.76. The highest BCUT2D eigenvalue weighted by Crippen LogP contribution is 2.33. The predicted octanol–water partition coefficient (Wildman–Crippen LogP) is 4.90. The minimum atomic E-state index is -1.06. The summed E-state index contributed by atoms with van der Waals surface area (Å²) < 4.78 is 15.5. The number of benzene rings is 3. The number of nitrogens with two attached hydrogens (primary N) is 2. The molecule has 0 saturated carbocycles. The molecule has 0 spiro atoms. The standard InChI is InChI=1S/C24H22BrFN4O2/c1-13(18-10-15(23(28)29)7-9-21(18)31)22(26)24(32)30-20-8-6-14(11-19(20)25)17-5-3-2-4-16(17)12-27/h2-11,31H,12,27H2,1H3,(H3,28,29)(H,30,32)/b22-13+. The van der Waals surface area contributed by atoms with Crippen molar-refractivity contribution in [3.63, 3.8) is 0 Å². The highest BCUT2D eigenvalue weighted by atomic mass is 79.9. The molecule has 1 amide bonds. The van der Waals surface area contributed by atoms with E-state index in [2.05, 4.69) is 21.2 Å². The van der Waals surface area contributed by atoms with Crippen molar-refractivity contribution in [3.05, 3.63) is 87.7 Å². The number of anilines is 1. The molecule has 0 aliphatic carbocycles. The number of phenols is 1. The molecule has 0 heterocycles. The lowest BCUT2D eigenvalue weighted by molar-refractivity contribution is -0.114. The van der Waals surface area contributed by atoms with E-state index in [1.807, 2.05) is 36.4 Å². The largest absolute Gasteiger partial charge is 0.507 e. The molecular weight excluding hydrogens is 475 g/mol. The van der Waals surface area contributed by atoms with E-state index in [9.17, 15) is 14.3 Å². The molecule has 3 aromatic rings. The highest BCUT2D eigenvalue weighted by molar-refractivity contribution is 9.10. The molecule has 8 heteroatoms. The molecule has 32 heavy (non-hydrogen) atoms. The van der Waals surface area contributed by atoms with Crippen LogP contribution in [0.3, 0.4) is 0 Å². The van der Waals surface area contributed by atoms with Gasteiger partial charge in [-0.2, -0.15) is 0 Å². The number of allylic oxidation sites excluding steroid dienone is 1. The van der Waals surface area contributed by atoms with Gasteiger partial charge in [-0.1, -0.05) is 30.3 Å². The number of phenolic OH excluding ortho intramolecular Hbond substituents is 1. The number of hydrogen-bond acceptors (Lipinski definition) is 4. The summed E-state index contributed by atoms with van der Waals surface area (Å²) in [5.74, 6) is -2.49. The second-order valence-corrected chi connectivity index (χ2v) is 7.95. The van der Waals surface area contributed by atoms with Crippen LogP contribution >= 0.6 is 15.9 Å². The first kappa shape index (κ1) is 23.2. The summed E-state index contributed by atoms with van der Waals surface area (Å²) in [4.78, 5) is 12.5. The second-order valence-electron chi connectivity index (χ2n) is 7.09. The molecule has 0 fully saturated rings. The van der Waals surface area contributed by atoms with Crippen LogP contribution in [0.4, 0.5) is 10.1 Å². The number of aromatic hydroxyl groups is 1. The molecule has 0 aromatic heterocycles. The number of carbonyl (C=O) groups is 1. The second kappa shape index (κ2) is 9.76. The van der Waals surface area contributed by atoms with Gasteiger partial charge in [0.1, 0.15) is 11.6 Å². The molecular formula is C24H22BrFN4O2. The van der Waals surface area contributed by atoms with Crippen LogP contribution in [0.2, 0.25) is 0 Å². The highest BCUT2D eigenvalue weighted by Gasteiger charge is 2.18. The van der Waals surface area contributed by atoms with Crippen LogP contribution in [0, 0.1) is 5.41 Å². The third-order valence-electron chi connectivity index (χ3n) is 5.01. The number of carbonyl (C=O) groups excluding carboxylic acids is 1. The molecule has 0 saturated heterocycles. The van der Waals surface area contributed by atoms with Gasteiger partial charge in [-0.25, -0.2) is 4.39 Å². The Morgan fingerprint density at radius 2 is 1.88 bits per heavy atom. The van der Waals surface area contributed by atoms with Gasteiger partial charge in [0.25, 0.3) is 5.91 Å². The van der Waals surface area contributed by atoms with Crippen LogP contribution < -0.4 is 16.8 Å². The fraction of sp³-hybridized carbons (Fsp3) is 0.0833. The van der Waals surface area contributed by atoms with Crippen molar-refractivity contribution >= 4 is 38.9 Å². The van der Waals surface area contributed by atoms with Gasteiger partial charge in [-0.15, -0.1) is 0 Å². The Kier molecular flexibility index (Phi) is 7.07. The maximum Gasteiger partial charge on any atom is 0.284 e. The fourth-order valence-corrected chi connectivity index (χ4v) is 3.71. The van der Waals surface area contributed by atoms with Gasteiger partial charge in [0.05, 0.1) is 5.69 Å². The van der Waals surface area contributed by atoms with Gasteiger partial charge in [-0.3, -0.25) is 10.2 Å². The average Bonchev–Trinajstić information content (AvgIpc) is 2.79. The summed E-state index contributed by atoms with van der Waals surface area (Å²) in [5, 5.41) is 20.1. The van der Waals surface area contributed by atoms with Crippen molar-refractivity contribution < 1.29 is 14.3 Å². The summed E-state index contributed by atoms with van der Waals surface area (Å²) in [7, 11) is 0. The van der Waals surface area contributed by atoms with Crippen molar-refractivity contribution in [2.24, 2.45) is 11.5 Å². The number of halogens is 2. The van der Waals surface area contributed by atoms with Gasteiger partial charge in [0, 0.05) is 27.7 Å². The zero-order valence-electron chi connectivity index (χ0n) is 17.2. The van der Waals surface area contributed by atoms with E-state index in [4.69, 9.17) is 16.9 Å². The van der Waals surface area contributed by atoms with Crippen LogP contribution in [-0.4, -0.2) is 16.8 Å². The zero-order valence-corrected chi connectivity index (χ0v) is 18.8. The lowest BCUT2D eigenvalue weighted by atomic mass is 9.99. The molecule has 0 unspecified atom stereocenters. The molecule has 0 atom stereocenters. The van der Waals surface area contributed by atoms with Crippen molar-refractivity contribution in [1.82, 2.24) is 0 Å². The smallest absolute Gasteiger partial charge is 0.284 e. The van der Waals surface area contributed by atoms with E-state index in [1.165, 1.54) is 25.1 Å². The Labute approximate surface area is 193 Å². The normalized spacial score (nSPS) is 11.6. The molecule has 0 aliphatic heterocycles. The monoisotopic (exact) mass is 496 g/mol. The van der Waals surface area contributed by atoms with E-state index < -0.39 is 11.7 Å². The first-order chi connectivity index (χ1) is 15.2. The van der Waals surface area contributed by atoms with E-state index >= 15 is 0 Å². The summed E-state index contributed by atoms with van der Waals surface area (Å²) in [6, 6.07) is 17.1. The molecule has 0 radical (unpaired) electrons. The number of nitrogens with one attached hydrogen (secondary N) is 2. The summed E-state index contributed by atoms with van der Waals surface area (Å²) in [5.41, 5.74) is 14.8. The maximum atomic E-state index is 14.9. The van der Waals surface area contributed by atoms with Crippen LogP contribution in [-0.2, 0) is 11.3 Å². The minimum Gasteiger partial charge on any atom is -0.507 e.